The highest BCUT2D eigenvalue weighted by atomic mass is 32.1. The second-order valence-corrected chi connectivity index (χ2v) is 5.34. The zero-order chi connectivity index (χ0) is 14.7. The number of amides is 1. The monoisotopic (exact) mass is 285 g/mol. The van der Waals surface area contributed by atoms with Crippen LogP contribution in [-0.4, -0.2) is 51.6 Å². The van der Waals surface area contributed by atoms with Gasteiger partial charge in [0.1, 0.15) is 15.4 Å². The fraction of sp³-hybridized carbons (Fsp3) is 0.500. The topological polar surface area (TPSA) is 75.9 Å². The van der Waals surface area contributed by atoms with Gasteiger partial charge in [-0.3, -0.25) is 4.79 Å². The smallest absolute Gasteiger partial charge is 0.343 e. The summed E-state index contributed by atoms with van der Waals surface area (Å²) in [5.41, 5.74) is 6.40. The van der Waals surface area contributed by atoms with E-state index in [0.717, 1.165) is 0 Å². The zero-order valence-electron chi connectivity index (χ0n) is 11.8. The van der Waals surface area contributed by atoms with E-state index in [-0.39, 0.29) is 23.8 Å². The highest BCUT2D eigenvalue weighted by Gasteiger charge is 2.28. The molecule has 6 nitrogen and oxygen atoms in total. The van der Waals surface area contributed by atoms with Crippen molar-refractivity contribution in [1.82, 2.24) is 4.90 Å². The summed E-state index contributed by atoms with van der Waals surface area (Å²) in [7, 11) is 6.86. The molecule has 0 aliphatic rings. The number of hydrogen-bond acceptors (Lipinski definition) is 6. The summed E-state index contributed by atoms with van der Waals surface area (Å²) in [6, 6.07) is 0. The molecule has 0 saturated heterocycles. The minimum Gasteiger partial charge on any atom is -0.462 e. The highest BCUT2D eigenvalue weighted by molar-refractivity contribution is 7.19. The molecule has 1 amide bonds. The van der Waals surface area contributed by atoms with Gasteiger partial charge in [-0.25, -0.2) is 4.79 Å². The van der Waals surface area contributed by atoms with E-state index in [2.05, 4.69) is 0 Å². The van der Waals surface area contributed by atoms with Crippen LogP contribution in [-0.2, 0) is 4.74 Å². The van der Waals surface area contributed by atoms with Gasteiger partial charge in [-0.05, 0) is 6.92 Å². The van der Waals surface area contributed by atoms with Crippen molar-refractivity contribution >= 4 is 33.9 Å². The first-order valence-corrected chi connectivity index (χ1v) is 6.61. The molecule has 106 valence electrons. The fourth-order valence-electron chi connectivity index (χ4n) is 1.51. The molecule has 0 atom stereocenters. The SMILES string of the molecule is CCOC(=O)c1c(N(C)C)sc(C(=O)N(C)C)c1N. The van der Waals surface area contributed by atoms with Crippen LogP contribution < -0.4 is 10.6 Å². The Bertz CT molecular complexity index is 495. The lowest BCUT2D eigenvalue weighted by Crippen LogP contribution is -2.21. The van der Waals surface area contributed by atoms with Crippen LogP contribution in [0.2, 0.25) is 0 Å². The summed E-state index contributed by atoms with van der Waals surface area (Å²) in [4.78, 5) is 27.5. The molecule has 1 rings (SSSR count). The van der Waals surface area contributed by atoms with E-state index in [9.17, 15) is 9.59 Å². The van der Waals surface area contributed by atoms with Crippen molar-refractivity contribution in [2.24, 2.45) is 0 Å². The molecule has 1 heterocycles. The molecule has 0 fully saturated rings. The van der Waals surface area contributed by atoms with Crippen molar-refractivity contribution in [1.29, 1.82) is 0 Å². The second-order valence-electron chi connectivity index (χ2n) is 4.34. The van der Waals surface area contributed by atoms with Gasteiger partial charge in [0.15, 0.2) is 0 Å². The van der Waals surface area contributed by atoms with Crippen LogP contribution in [0, 0.1) is 0 Å². The van der Waals surface area contributed by atoms with Crippen molar-refractivity contribution < 1.29 is 14.3 Å². The normalized spacial score (nSPS) is 10.2. The molecule has 0 radical (unpaired) electrons. The quantitative estimate of drug-likeness (QED) is 0.843. The van der Waals surface area contributed by atoms with Gasteiger partial charge in [-0.15, -0.1) is 11.3 Å². The summed E-state index contributed by atoms with van der Waals surface area (Å²) >= 11 is 1.19. The largest absolute Gasteiger partial charge is 0.462 e. The number of carbonyl (C=O) groups is 2. The number of hydrogen-bond donors (Lipinski definition) is 1. The predicted octanol–water partition coefficient (Wildman–Crippen LogP) is 1.27. The predicted molar refractivity (Wildman–Crippen MR) is 77.0 cm³/mol. The lowest BCUT2D eigenvalue weighted by molar-refractivity contribution is 0.0529. The first-order valence-electron chi connectivity index (χ1n) is 5.79. The molecule has 7 heteroatoms. The standard InChI is InChI=1S/C12H19N3O3S/c1-6-18-12(17)7-8(13)9(10(16)14(2)3)19-11(7)15(4)5/h6,13H2,1-5H3. The minimum atomic E-state index is -0.502. The summed E-state index contributed by atoms with van der Waals surface area (Å²) in [6.07, 6.45) is 0. The first-order chi connectivity index (χ1) is 8.81. The van der Waals surface area contributed by atoms with Gasteiger partial charge in [0, 0.05) is 28.2 Å². The number of esters is 1. The third-order valence-electron chi connectivity index (χ3n) is 2.41. The minimum absolute atomic E-state index is 0.186. The van der Waals surface area contributed by atoms with Crippen LogP contribution in [0.3, 0.4) is 0 Å². The van der Waals surface area contributed by atoms with Crippen molar-refractivity contribution in [3.05, 3.63) is 10.4 Å². The molecular weight excluding hydrogens is 266 g/mol. The lowest BCUT2D eigenvalue weighted by Gasteiger charge is -2.11. The fourth-order valence-corrected chi connectivity index (χ4v) is 2.66. The van der Waals surface area contributed by atoms with Gasteiger partial charge >= 0.3 is 5.97 Å². The van der Waals surface area contributed by atoms with Gasteiger partial charge in [-0.1, -0.05) is 0 Å². The van der Waals surface area contributed by atoms with Crippen LogP contribution in [0.15, 0.2) is 0 Å². The molecule has 0 aromatic carbocycles. The number of nitrogens with zero attached hydrogens (tertiary/aromatic N) is 2. The summed E-state index contributed by atoms with van der Waals surface area (Å²) < 4.78 is 4.99. The molecule has 1 aromatic heterocycles. The van der Waals surface area contributed by atoms with Gasteiger partial charge in [0.2, 0.25) is 0 Å². The van der Waals surface area contributed by atoms with Gasteiger partial charge in [-0.2, -0.15) is 0 Å². The van der Waals surface area contributed by atoms with E-state index in [1.165, 1.54) is 16.2 Å². The van der Waals surface area contributed by atoms with Gasteiger partial charge in [0.05, 0.1) is 12.3 Å². The number of carbonyl (C=O) groups excluding carboxylic acids is 2. The summed E-state index contributed by atoms with van der Waals surface area (Å²) in [6.45, 7) is 1.99. The average Bonchev–Trinajstić information content (AvgIpc) is 2.66. The van der Waals surface area contributed by atoms with E-state index >= 15 is 0 Å². The Morgan fingerprint density at radius 3 is 2.26 bits per heavy atom. The molecule has 19 heavy (non-hydrogen) atoms. The number of rotatable bonds is 4. The van der Waals surface area contributed by atoms with Crippen LogP contribution in [0.25, 0.3) is 0 Å². The number of anilines is 2. The number of thiophene rings is 1. The summed E-state index contributed by atoms with van der Waals surface area (Å²) in [5.74, 6) is -0.723. The summed E-state index contributed by atoms with van der Waals surface area (Å²) in [5, 5.41) is 0.626. The Morgan fingerprint density at radius 1 is 1.26 bits per heavy atom. The molecular formula is C12H19N3O3S. The maximum atomic E-state index is 12.0. The van der Waals surface area contributed by atoms with E-state index in [0.29, 0.717) is 9.88 Å². The van der Waals surface area contributed by atoms with Crippen LogP contribution in [0.4, 0.5) is 10.7 Å². The van der Waals surface area contributed by atoms with Crippen molar-refractivity contribution in [2.45, 2.75) is 6.92 Å². The molecule has 0 unspecified atom stereocenters. The molecule has 1 aromatic rings. The molecule has 0 aliphatic carbocycles. The Balaban J connectivity index is 3.36. The number of nitrogens with two attached hydrogens (primary N) is 1. The average molecular weight is 285 g/mol. The molecule has 0 bridgehead atoms. The van der Waals surface area contributed by atoms with Gasteiger partial charge in [0.25, 0.3) is 5.91 Å². The van der Waals surface area contributed by atoms with E-state index in [1.807, 2.05) is 0 Å². The third-order valence-corrected chi connectivity index (χ3v) is 3.77. The lowest BCUT2D eigenvalue weighted by atomic mass is 10.2. The highest BCUT2D eigenvalue weighted by Crippen LogP contribution is 2.38. The van der Waals surface area contributed by atoms with Crippen LogP contribution in [0.1, 0.15) is 27.0 Å². The molecule has 0 aliphatic heterocycles. The van der Waals surface area contributed by atoms with E-state index < -0.39 is 5.97 Å². The Labute approximate surface area is 116 Å². The zero-order valence-corrected chi connectivity index (χ0v) is 12.6. The first kappa shape index (κ1) is 15.3. The second kappa shape index (κ2) is 5.92. The van der Waals surface area contributed by atoms with E-state index in [4.69, 9.17) is 10.5 Å². The van der Waals surface area contributed by atoms with Crippen LogP contribution in [0.5, 0.6) is 0 Å². The number of nitrogen functional groups attached to an aromatic ring is 1. The number of ether oxygens (including phenoxy) is 1. The van der Waals surface area contributed by atoms with Crippen LogP contribution >= 0.6 is 11.3 Å². The molecule has 0 saturated carbocycles. The van der Waals surface area contributed by atoms with E-state index in [1.54, 1.807) is 40.0 Å². The maximum absolute atomic E-state index is 12.0. The Morgan fingerprint density at radius 2 is 1.84 bits per heavy atom. The Kier molecular flexibility index (Phi) is 4.77. The Hall–Kier alpha value is -1.76. The van der Waals surface area contributed by atoms with Crippen molar-refractivity contribution in [3.63, 3.8) is 0 Å². The molecule has 0 spiro atoms. The molecule has 2 N–H and O–H groups in total. The van der Waals surface area contributed by atoms with Gasteiger partial charge < -0.3 is 20.3 Å². The van der Waals surface area contributed by atoms with Crippen molar-refractivity contribution in [3.8, 4) is 0 Å². The van der Waals surface area contributed by atoms with Crippen molar-refractivity contribution in [2.75, 3.05) is 45.4 Å². The third kappa shape index (κ3) is 2.98. The maximum Gasteiger partial charge on any atom is 0.343 e.